The minimum atomic E-state index is -1.10. The van der Waals surface area contributed by atoms with Crippen molar-refractivity contribution in [3.63, 3.8) is 0 Å². The van der Waals surface area contributed by atoms with Gasteiger partial charge in [-0.05, 0) is 30.7 Å². The van der Waals surface area contributed by atoms with Crippen LogP contribution in [0.15, 0.2) is 65.6 Å². The molecule has 0 saturated heterocycles. The third-order valence-corrected chi connectivity index (χ3v) is 4.73. The molecule has 0 aliphatic rings. The molecule has 2 aromatic rings. The molecular formula is C17H19NO2S. The molecule has 0 aliphatic heterocycles. The van der Waals surface area contributed by atoms with E-state index in [1.165, 1.54) is 0 Å². The van der Waals surface area contributed by atoms with Crippen molar-refractivity contribution in [3.8, 4) is 0 Å². The summed E-state index contributed by atoms with van der Waals surface area (Å²) in [6.07, 6.45) is 0.747. The fraction of sp³-hybridized carbons (Fsp3) is 0.235. The zero-order valence-corrected chi connectivity index (χ0v) is 12.8. The van der Waals surface area contributed by atoms with E-state index in [0.717, 1.165) is 11.3 Å². The summed E-state index contributed by atoms with van der Waals surface area (Å²) in [6.45, 7) is 1.98. The van der Waals surface area contributed by atoms with Gasteiger partial charge in [-0.25, -0.2) is 0 Å². The highest BCUT2D eigenvalue weighted by Crippen LogP contribution is 2.09. The molecule has 0 saturated carbocycles. The lowest BCUT2D eigenvalue weighted by atomic mass is 10.2. The largest absolute Gasteiger partial charge is 0.348 e. The Bertz CT molecular complexity index is 545. The van der Waals surface area contributed by atoms with Crippen LogP contribution in [0.4, 0.5) is 0 Å². The molecule has 1 amide bonds. The van der Waals surface area contributed by atoms with Gasteiger partial charge in [0.2, 0.25) is 0 Å². The average molecular weight is 301 g/mol. The van der Waals surface area contributed by atoms with Crippen LogP contribution < -0.4 is 5.32 Å². The van der Waals surface area contributed by atoms with Crippen molar-refractivity contribution in [1.82, 2.24) is 5.32 Å². The van der Waals surface area contributed by atoms with Crippen LogP contribution in [-0.4, -0.2) is 21.9 Å². The van der Waals surface area contributed by atoms with Gasteiger partial charge in [-0.2, -0.15) is 0 Å². The SMILES string of the molecule is CC[C@H](CS(=O)c1ccccc1)NC(=O)c1ccccc1. The van der Waals surface area contributed by atoms with E-state index in [4.69, 9.17) is 0 Å². The number of rotatable bonds is 6. The topological polar surface area (TPSA) is 46.2 Å². The maximum atomic E-state index is 12.3. The van der Waals surface area contributed by atoms with Gasteiger partial charge in [0.05, 0.1) is 10.8 Å². The Balaban J connectivity index is 1.98. The summed E-state index contributed by atoms with van der Waals surface area (Å²) < 4.78 is 12.3. The number of amides is 1. The third-order valence-electron chi connectivity index (χ3n) is 3.22. The monoisotopic (exact) mass is 301 g/mol. The molecule has 21 heavy (non-hydrogen) atoms. The molecule has 110 valence electrons. The number of hydrogen-bond acceptors (Lipinski definition) is 2. The van der Waals surface area contributed by atoms with Crippen molar-refractivity contribution >= 4 is 16.7 Å². The Morgan fingerprint density at radius 1 is 1.05 bits per heavy atom. The molecule has 0 fully saturated rings. The molecule has 4 heteroatoms. The van der Waals surface area contributed by atoms with Gasteiger partial charge in [-0.3, -0.25) is 9.00 Å². The lowest BCUT2D eigenvalue weighted by Crippen LogP contribution is -2.38. The van der Waals surface area contributed by atoms with Gasteiger partial charge in [-0.15, -0.1) is 0 Å². The van der Waals surface area contributed by atoms with Gasteiger partial charge in [0.15, 0.2) is 0 Å². The molecule has 2 rings (SSSR count). The quantitative estimate of drug-likeness (QED) is 0.891. The van der Waals surface area contributed by atoms with E-state index in [1.807, 2.05) is 55.5 Å². The zero-order valence-electron chi connectivity index (χ0n) is 12.0. The second kappa shape index (κ2) is 7.74. The van der Waals surface area contributed by atoms with Gasteiger partial charge in [0.1, 0.15) is 0 Å². The molecule has 0 bridgehead atoms. The van der Waals surface area contributed by atoms with E-state index < -0.39 is 10.8 Å². The molecular weight excluding hydrogens is 282 g/mol. The second-order valence-corrected chi connectivity index (χ2v) is 6.27. The minimum absolute atomic E-state index is 0.0984. The number of carbonyl (C=O) groups excluding carboxylic acids is 1. The molecule has 0 spiro atoms. The molecule has 0 heterocycles. The van der Waals surface area contributed by atoms with Crippen molar-refractivity contribution in [2.24, 2.45) is 0 Å². The highest BCUT2D eigenvalue weighted by Gasteiger charge is 2.15. The van der Waals surface area contributed by atoms with Crippen LogP contribution in [0.5, 0.6) is 0 Å². The maximum absolute atomic E-state index is 12.3. The second-order valence-electron chi connectivity index (χ2n) is 4.77. The van der Waals surface area contributed by atoms with Crippen LogP contribution in [0, 0.1) is 0 Å². The summed E-state index contributed by atoms with van der Waals surface area (Å²) in [4.78, 5) is 12.9. The lowest BCUT2D eigenvalue weighted by Gasteiger charge is -2.16. The number of nitrogens with one attached hydrogen (secondary N) is 1. The first-order chi connectivity index (χ1) is 10.2. The predicted octanol–water partition coefficient (Wildman–Crippen LogP) is 3.00. The highest BCUT2D eigenvalue weighted by atomic mass is 32.2. The Hall–Kier alpha value is -1.94. The lowest BCUT2D eigenvalue weighted by molar-refractivity contribution is 0.0940. The summed E-state index contributed by atoms with van der Waals surface area (Å²) in [6, 6.07) is 18.3. The number of hydrogen-bond donors (Lipinski definition) is 1. The fourth-order valence-corrected chi connectivity index (χ4v) is 3.31. The smallest absolute Gasteiger partial charge is 0.251 e. The average Bonchev–Trinajstić information content (AvgIpc) is 2.55. The minimum Gasteiger partial charge on any atom is -0.348 e. The predicted molar refractivity (Wildman–Crippen MR) is 85.7 cm³/mol. The van der Waals surface area contributed by atoms with Crippen molar-refractivity contribution in [2.45, 2.75) is 24.3 Å². The van der Waals surface area contributed by atoms with Gasteiger partial charge in [0, 0.05) is 22.3 Å². The van der Waals surface area contributed by atoms with Crippen LogP contribution in [-0.2, 0) is 10.8 Å². The molecule has 0 aromatic heterocycles. The van der Waals surface area contributed by atoms with Crippen LogP contribution in [0.2, 0.25) is 0 Å². The van der Waals surface area contributed by atoms with Gasteiger partial charge < -0.3 is 5.32 Å². The van der Waals surface area contributed by atoms with Crippen molar-refractivity contribution < 1.29 is 9.00 Å². The first-order valence-corrected chi connectivity index (χ1v) is 8.32. The Kier molecular flexibility index (Phi) is 5.69. The normalized spacial score (nSPS) is 13.4. The standard InChI is InChI=1S/C17H19NO2S/c1-2-15(13-21(20)16-11-7-4-8-12-16)18-17(19)14-9-5-3-6-10-14/h3-12,15H,2,13H2,1H3,(H,18,19)/t15-,21?/m1/s1. The molecule has 1 N–H and O–H groups in total. The summed E-state index contributed by atoms with van der Waals surface area (Å²) in [5.41, 5.74) is 0.626. The summed E-state index contributed by atoms with van der Waals surface area (Å²) in [5, 5.41) is 2.95. The Morgan fingerprint density at radius 3 is 2.19 bits per heavy atom. The van der Waals surface area contributed by atoms with Crippen LogP contribution >= 0.6 is 0 Å². The molecule has 3 nitrogen and oxygen atoms in total. The van der Waals surface area contributed by atoms with E-state index in [0.29, 0.717) is 11.3 Å². The first-order valence-electron chi connectivity index (χ1n) is 7.00. The molecule has 1 unspecified atom stereocenters. The summed E-state index contributed by atoms with van der Waals surface area (Å²) >= 11 is 0. The molecule has 0 radical (unpaired) electrons. The number of benzene rings is 2. The first kappa shape index (κ1) is 15.4. The van der Waals surface area contributed by atoms with E-state index in [1.54, 1.807) is 12.1 Å². The summed E-state index contributed by atoms with van der Waals surface area (Å²) in [5.74, 6) is 0.312. The van der Waals surface area contributed by atoms with E-state index in [9.17, 15) is 9.00 Å². The van der Waals surface area contributed by atoms with Crippen molar-refractivity contribution in [3.05, 3.63) is 66.2 Å². The van der Waals surface area contributed by atoms with E-state index in [2.05, 4.69) is 5.32 Å². The van der Waals surface area contributed by atoms with Crippen LogP contribution in [0.3, 0.4) is 0 Å². The Labute approximate surface area is 127 Å². The van der Waals surface area contributed by atoms with Gasteiger partial charge in [-0.1, -0.05) is 43.3 Å². The van der Waals surface area contributed by atoms with Crippen LogP contribution in [0.1, 0.15) is 23.7 Å². The highest BCUT2D eigenvalue weighted by molar-refractivity contribution is 7.85. The van der Waals surface area contributed by atoms with Crippen LogP contribution in [0.25, 0.3) is 0 Å². The molecule has 0 aliphatic carbocycles. The Morgan fingerprint density at radius 2 is 1.62 bits per heavy atom. The molecule has 2 atom stereocenters. The van der Waals surface area contributed by atoms with E-state index >= 15 is 0 Å². The van der Waals surface area contributed by atoms with Gasteiger partial charge in [0.25, 0.3) is 5.91 Å². The van der Waals surface area contributed by atoms with E-state index in [-0.39, 0.29) is 11.9 Å². The van der Waals surface area contributed by atoms with Gasteiger partial charge >= 0.3 is 0 Å². The maximum Gasteiger partial charge on any atom is 0.251 e. The van der Waals surface area contributed by atoms with Crippen molar-refractivity contribution in [1.29, 1.82) is 0 Å². The molecule has 2 aromatic carbocycles. The third kappa shape index (κ3) is 4.53. The number of carbonyl (C=O) groups is 1. The zero-order chi connectivity index (χ0) is 15.1. The fourth-order valence-electron chi connectivity index (χ4n) is 1.97. The van der Waals surface area contributed by atoms with Crippen molar-refractivity contribution in [2.75, 3.05) is 5.75 Å². The summed E-state index contributed by atoms with van der Waals surface area (Å²) in [7, 11) is -1.10.